The first-order valence-corrected chi connectivity index (χ1v) is 7.62. The van der Waals surface area contributed by atoms with Crippen molar-refractivity contribution in [2.45, 2.75) is 39.8 Å². The van der Waals surface area contributed by atoms with Gasteiger partial charge in [-0.1, -0.05) is 26.8 Å². The van der Waals surface area contributed by atoms with E-state index in [0.717, 1.165) is 22.2 Å². The van der Waals surface area contributed by atoms with Crippen molar-refractivity contribution < 1.29 is 14.6 Å². The van der Waals surface area contributed by atoms with Gasteiger partial charge in [0.2, 0.25) is 0 Å². The molecule has 2 N–H and O–H groups in total. The lowest BCUT2D eigenvalue weighted by Gasteiger charge is -2.18. The molecule has 1 aromatic rings. The van der Waals surface area contributed by atoms with Crippen LogP contribution in [-0.2, 0) is 11.3 Å². The molecule has 0 radical (unpaired) electrons. The molecule has 0 saturated heterocycles. The van der Waals surface area contributed by atoms with Crippen LogP contribution in [-0.4, -0.2) is 23.7 Å². The highest BCUT2D eigenvalue weighted by atomic mass is 79.9. The van der Waals surface area contributed by atoms with Crippen LogP contribution < -0.4 is 10.1 Å². The minimum Gasteiger partial charge on any atom is -0.492 e. The molecule has 0 aliphatic heterocycles. The standard InChI is InChI=1S/C15H22BrNO3/c1-4-7-20-13-6-5-11(8-12(13)16)9-17-14(10(2)3)15(18)19/h5-6,8,10,14,17H,4,7,9H2,1-3H3,(H,18,19). The average molecular weight is 344 g/mol. The van der Waals surface area contributed by atoms with Gasteiger partial charge in [0.15, 0.2) is 0 Å². The van der Waals surface area contributed by atoms with E-state index in [1.807, 2.05) is 32.0 Å². The van der Waals surface area contributed by atoms with Gasteiger partial charge >= 0.3 is 5.97 Å². The van der Waals surface area contributed by atoms with Crippen molar-refractivity contribution in [1.29, 1.82) is 0 Å². The van der Waals surface area contributed by atoms with Crippen LogP contribution in [0.25, 0.3) is 0 Å². The van der Waals surface area contributed by atoms with Crippen LogP contribution in [0.5, 0.6) is 5.75 Å². The van der Waals surface area contributed by atoms with Crippen molar-refractivity contribution in [1.82, 2.24) is 5.32 Å². The summed E-state index contributed by atoms with van der Waals surface area (Å²) in [4.78, 5) is 11.1. The van der Waals surface area contributed by atoms with Gasteiger partial charge in [-0.05, 0) is 46.0 Å². The molecule has 1 atom stereocenters. The Morgan fingerprint density at radius 3 is 2.65 bits per heavy atom. The van der Waals surface area contributed by atoms with Crippen molar-refractivity contribution in [3.63, 3.8) is 0 Å². The molecule has 1 aromatic carbocycles. The number of hydrogen-bond donors (Lipinski definition) is 2. The van der Waals surface area contributed by atoms with E-state index in [9.17, 15) is 4.79 Å². The SMILES string of the molecule is CCCOc1ccc(CNC(C(=O)O)C(C)C)cc1Br. The van der Waals surface area contributed by atoms with E-state index in [4.69, 9.17) is 9.84 Å². The molecule has 4 nitrogen and oxygen atoms in total. The maximum atomic E-state index is 11.1. The van der Waals surface area contributed by atoms with Gasteiger partial charge in [0.1, 0.15) is 11.8 Å². The summed E-state index contributed by atoms with van der Waals surface area (Å²) in [5.74, 6) is 0.0410. The van der Waals surface area contributed by atoms with Gasteiger partial charge in [-0.15, -0.1) is 0 Å². The van der Waals surface area contributed by atoms with Crippen LogP contribution in [0, 0.1) is 5.92 Å². The average Bonchev–Trinajstić information content (AvgIpc) is 2.37. The second-order valence-electron chi connectivity index (χ2n) is 5.05. The topological polar surface area (TPSA) is 58.6 Å². The van der Waals surface area contributed by atoms with E-state index in [-0.39, 0.29) is 5.92 Å². The molecule has 112 valence electrons. The summed E-state index contributed by atoms with van der Waals surface area (Å²) >= 11 is 3.47. The zero-order valence-electron chi connectivity index (χ0n) is 12.1. The zero-order valence-corrected chi connectivity index (χ0v) is 13.7. The number of ether oxygens (including phenoxy) is 1. The van der Waals surface area contributed by atoms with E-state index < -0.39 is 12.0 Å². The number of carboxylic acid groups (broad SMARTS) is 1. The molecule has 5 heteroatoms. The van der Waals surface area contributed by atoms with Crippen LogP contribution >= 0.6 is 15.9 Å². The molecule has 0 heterocycles. The van der Waals surface area contributed by atoms with E-state index >= 15 is 0 Å². The second kappa shape index (κ2) is 8.27. The summed E-state index contributed by atoms with van der Waals surface area (Å²) in [6.45, 7) is 7.05. The number of carbonyl (C=O) groups is 1. The predicted molar refractivity (Wildman–Crippen MR) is 83.0 cm³/mol. The fourth-order valence-corrected chi connectivity index (χ4v) is 2.36. The third-order valence-corrected chi connectivity index (χ3v) is 3.54. The molecule has 0 saturated carbocycles. The van der Waals surface area contributed by atoms with Crippen LogP contribution in [0.2, 0.25) is 0 Å². The number of aliphatic carboxylic acids is 1. The third-order valence-electron chi connectivity index (χ3n) is 2.92. The van der Waals surface area contributed by atoms with Crippen LogP contribution in [0.15, 0.2) is 22.7 Å². The molecule has 0 bridgehead atoms. The lowest BCUT2D eigenvalue weighted by atomic mass is 10.0. The first kappa shape index (κ1) is 17.0. The minimum absolute atomic E-state index is 0.0445. The monoisotopic (exact) mass is 343 g/mol. The molecule has 0 fully saturated rings. The van der Waals surface area contributed by atoms with Gasteiger partial charge in [-0.25, -0.2) is 0 Å². The lowest BCUT2D eigenvalue weighted by molar-refractivity contribution is -0.140. The highest BCUT2D eigenvalue weighted by Gasteiger charge is 2.20. The summed E-state index contributed by atoms with van der Waals surface area (Å²) in [5, 5.41) is 12.2. The van der Waals surface area contributed by atoms with Crippen LogP contribution in [0.4, 0.5) is 0 Å². The molecule has 0 aliphatic carbocycles. The van der Waals surface area contributed by atoms with Gasteiger partial charge in [0.05, 0.1) is 11.1 Å². The molecule has 20 heavy (non-hydrogen) atoms. The molecule has 1 unspecified atom stereocenters. The van der Waals surface area contributed by atoms with Crippen LogP contribution in [0.3, 0.4) is 0 Å². The van der Waals surface area contributed by atoms with Gasteiger partial charge in [0.25, 0.3) is 0 Å². The third kappa shape index (κ3) is 5.13. The smallest absolute Gasteiger partial charge is 0.320 e. The maximum Gasteiger partial charge on any atom is 0.320 e. The highest BCUT2D eigenvalue weighted by molar-refractivity contribution is 9.10. The predicted octanol–water partition coefficient (Wildman–Crippen LogP) is 3.44. The maximum absolute atomic E-state index is 11.1. The Balaban J connectivity index is 2.65. The molecule has 0 spiro atoms. The molecule has 0 aromatic heterocycles. The Morgan fingerprint density at radius 1 is 1.45 bits per heavy atom. The summed E-state index contributed by atoms with van der Waals surface area (Å²) in [7, 11) is 0. The minimum atomic E-state index is -0.818. The number of halogens is 1. The number of carboxylic acids is 1. The first-order chi connectivity index (χ1) is 9.45. The fourth-order valence-electron chi connectivity index (χ4n) is 1.82. The lowest BCUT2D eigenvalue weighted by Crippen LogP contribution is -2.40. The second-order valence-corrected chi connectivity index (χ2v) is 5.91. The Morgan fingerprint density at radius 2 is 2.15 bits per heavy atom. The van der Waals surface area contributed by atoms with Crippen molar-refractivity contribution in [2.24, 2.45) is 5.92 Å². The van der Waals surface area contributed by atoms with E-state index in [1.165, 1.54) is 0 Å². The Labute approximate surface area is 128 Å². The quantitative estimate of drug-likeness (QED) is 0.759. The number of rotatable bonds is 8. The summed E-state index contributed by atoms with van der Waals surface area (Å²) in [6.07, 6.45) is 0.963. The fraction of sp³-hybridized carbons (Fsp3) is 0.533. The molecule has 0 aliphatic rings. The van der Waals surface area contributed by atoms with Gasteiger partial charge in [0, 0.05) is 6.54 Å². The number of nitrogens with one attached hydrogen (secondary N) is 1. The first-order valence-electron chi connectivity index (χ1n) is 6.83. The van der Waals surface area contributed by atoms with Crippen LogP contribution in [0.1, 0.15) is 32.8 Å². The molecular weight excluding hydrogens is 322 g/mol. The molecule has 1 rings (SSSR count). The summed E-state index contributed by atoms with van der Waals surface area (Å²) in [5.41, 5.74) is 1.02. The summed E-state index contributed by atoms with van der Waals surface area (Å²) in [6, 6.07) is 5.27. The number of hydrogen-bond acceptors (Lipinski definition) is 3. The van der Waals surface area contributed by atoms with E-state index in [1.54, 1.807) is 0 Å². The highest BCUT2D eigenvalue weighted by Crippen LogP contribution is 2.26. The summed E-state index contributed by atoms with van der Waals surface area (Å²) < 4.78 is 6.47. The molecule has 0 amide bonds. The van der Waals surface area contributed by atoms with Crippen molar-refractivity contribution in [3.05, 3.63) is 28.2 Å². The van der Waals surface area contributed by atoms with Gasteiger partial charge in [-0.3, -0.25) is 4.79 Å². The van der Waals surface area contributed by atoms with Gasteiger partial charge in [-0.2, -0.15) is 0 Å². The van der Waals surface area contributed by atoms with E-state index in [0.29, 0.717) is 13.2 Å². The Hall–Kier alpha value is -1.07. The number of benzene rings is 1. The van der Waals surface area contributed by atoms with Crippen molar-refractivity contribution in [2.75, 3.05) is 6.61 Å². The van der Waals surface area contributed by atoms with Crippen molar-refractivity contribution in [3.8, 4) is 5.75 Å². The van der Waals surface area contributed by atoms with Crippen molar-refractivity contribution >= 4 is 21.9 Å². The normalized spacial score (nSPS) is 12.4. The molecular formula is C15H22BrNO3. The Kier molecular flexibility index (Phi) is 7.02. The zero-order chi connectivity index (χ0) is 15.1. The Bertz CT molecular complexity index is 449. The van der Waals surface area contributed by atoms with Gasteiger partial charge < -0.3 is 15.2 Å². The largest absolute Gasteiger partial charge is 0.492 e. The van der Waals surface area contributed by atoms with E-state index in [2.05, 4.69) is 28.2 Å².